The van der Waals surface area contributed by atoms with E-state index in [1.165, 1.54) is 37.7 Å². The van der Waals surface area contributed by atoms with Crippen LogP contribution in [0.15, 0.2) is 18.2 Å². The lowest BCUT2D eigenvalue weighted by Gasteiger charge is -2.29. The Balaban J connectivity index is 1.56. The lowest BCUT2D eigenvalue weighted by molar-refractivity contribution is 0.0483. The fourth-order valence-electron chi connectivity index (χ4n) is 3.17. The molecule has 2 nitrogen and oxygen atoms in total. The summed E-state index contributed by atoms with van der Waals surface area (Å²) in [6.45, 7) is 3.92. The van der Waals surface area contributed by atoms with Crippen molar-refractivity contribution in [1.29, 1.82) is 0 Å². The Hall–Kier alpha value is -0.860. The number of hydrogen-bond acceptors (Lipinski definition) is 2. The number of aryl methyl sites for hydroxylation is 3. The minimum Gasteiger partial charge on any atom is -0.378 e. The van der Waals surface area contributed by atoms with Gasteiger partial charge in [0.1, 0.15) is 0 Å². The van der Waals surface area contributed by atoms with E-state index in [-0.39, 0.29) is 0 Å². The minimum absolute atomic E-state index is 0.503. The van der Waals surface area contributed by atoms with Crippen LogP contribution in [0.4, 0.5) is 0 Å². The third kappa shape index (κ3) is 2.76. The number of benzene rings is 1. The van der Waals surface area contributed by atoms with Gasteiger partial charge in [-0.3, -0.25) is 0 Å². The third-order valence-electron chi connectivity index (χ3n) is 4.15. The zero-order valence-electron chi connectivity index (χ0n) is 11.2. The van der Waals surface area contributed by atoms with Crippen LogP contribution in [0.25, 0.3) is 0 Å². The molecule has 0 amide bonds. The quantitative estimate of drug-likeness (QED) is 0.883. The van der Waals surface area contributed by atoms with E-state index in [0.717, 1.165) is 13.2 Å². The molecule has 1 aromatic rings. The van der Waals surface area contributed by atoms with Crippen LogP contribution in [0.3, 0.4) is 0 Å². The van der Waals surface area contributed by atoms with E-state index in [2.05, 4.69) is 30.4 Å². The molecule has 2 atom stereocenters. The highest BCUT2D eigenvalue weighted by atomic mass is 16.5. The second-order valence-electron chi connectivity index (χ2n) is 5.80. The summed E-state index contributed by atoms with van der Waals surface area (Å²) >= 11 is 0. The van der Waals surface area contributed by atoms with Crippen molar-refractivity contribution in [3.8, 4) is 0 Å². The van der Waals surface area contributed by atoms with Crippen LogP contribution in [-0.4, -0.2) is 25.3 Å². The van der Waals surface area contributed by atoms with Crippen molar-refractivity contribution in [2.24, 2.45) is 0 Å². The maximum Gasteiger partial charge on any atom is 0.0620 e. The third-order valence-corrected chi connectivity index (χ3v) is 4.15. The lowest BCUT2D eigenvalue weighted by atomic mass is 10.0. The van der Waals surface area contributed by atoms with Gasteiger partial charge in [-0.15, -0.1) is 0 Å². The van der Waals surface area contributed by atoms with Gasteiger partial charge in [0.05, 0.1) is 13.2 Å². The summed E-state index contributed by atoms with van der Waals surface area (Å²) in [5.41, 5.74) is 4.66. The van der Waals surface area contributed by atoms with Crippen LogP contribution >= 0.6 is 0 Å². The summed E-state index contributed by atoms with van der Waals surface area (Å²) in [5, 5.41) is 3.61. The normalized spacial score (nSPS) is 27.2. The molecular weight excluding hydrogens is 222 g/mol. The average Bonchev–Trinajstić information content (AvgIpc) is 2.84. The average molecular weight is 245 g/mol. The minimum atomic E-state index is 0.503. The molecule has 0 spiro atoms. The van der Waals surface area contributed by atoms with E-state index in [1.807, 2.05) is 0 Å². The van der Waals surface area contributed by atoms with Crippen molar-refractivity contribution in [3.63, 3.8) is 0 Å². The van der Waals surface area contributed by atoms with Gasteiger partial charge in [-0.05, 0) is 55.7 Å². The molecule has 1 aliphatic carbocycles. The highest BCUT2D eigenvalue weighted by molar-refractivity contribution is 5.35. The van der Waals surface area contributed by atoms with E-state index < -0.39 is 0 Å². The Kier molecular flexibility index (Phi) is 3.67. The molecule has 1 saturated heterocycles. The number of hydrogen-bond donors (Lipinski definition) is 1. The van der Waals surface area contributed by atoms with Gasteiger partial charge in [0.15, 0.2) is 0 Å². The Labute approximate surface area is 110 Å². The van der Waals surface area contributed by atoms with Crippen LogP contribution in [0.5, 0.6) is 0 Å². The highest BCUT2D eigenvalue weighted by Crippen LogP contribution is 2.23. The summed E-state index contributed by atoms with van der Waals surface area (Å²) in [7, 11) is 0. The predicted octanol–water partition coefficient (Wildman–Crippen LogP) is 2.48. The number of nitrogens with one attached hydrogen (secondary N) is 1. The SMILES string of the molecule is CC1COCC(CCc2ccc3c(c2)CCC3)N1. The maximum absolute atomic E-state index is 5.59. The molecule has 1 heterocycles. The number of fused-ring (bicyclic) bond motifs is 1. The predicted molar refractivity (Wildman–Crippen MR) is 74.0 cm³/mol. The largest absolute Gasteiger partial charge is 0.378 e. The maximum atomic E-state index is 5.59. The second-order valence-corrected chi connectivity index (χ2v) is 5.80. The molecule has 2 aliphatic rings. The molecule has 2 unspecified atom stereocenters. The number of ether oxygens (including phenoxy) is 1. The van der Waals surface area contributed by atoms with Gasteiger partial charge in [0.25, 0.3) is 0 Å². The Morgan fingerprint density at radius 1 is 1.22 bits per heavy atom. The molecule has 1 aliphatic heterocycles. The molecule has 0 radical (unpaired) electrons. The van der Waals surface area contributed by atoms with Crippen molar-refractivity contribution in [1.82, 2.24) is 5.32 Å². The van der Waals surface area contributed by atoms with Gasteiger partial charge in [-0.25, -0.2) is 0 Å². The molecular formula is C16H23NO. The van der Waals surface area contributed by atoms with Gasteiger partial charge >= 0.3 is 0 Å². The first-order valence-electron chi connectivity index (χ1n) is 7.26. The molecule has 3 rings (SSSR count). The smallest absolute Gasteiger partial charge is 0.0620 e. The van der Waals surface area contributed by atoms with Gasteiger partial charge in [-0.2, -0.15) is 0 Å². The van der Waals surface area contributed by atoms with Crippen molar-refractivity contribution in [3.05, 3.63) is 34.9 Å². The summed E-state index contributed by atoms with van der Waals surface area (Å²) < 4.78 is 5.59. The molecule has 98 valence electrons. The molecule has 1 N–H and O–H groups in total. The summed E-state index contributed by atoms with van der Waals surface area (Å²) in [4.78, 5) is 0. The molecule has 18 heavy (non-hydrogen) atoms. The van der Waals surface area contributed by atoms with E-state index in [1.54, 1.807) is 11.1 Å². The van der Waals surface area contributed by atoms with Crippen molar-refractivity contribution >= 4 is 0 Å². The molecule has 1 fully saturated rings. The van der Waals surface area contributed by atoms with Crippen molar-refractivity contribution in [2.75, 3.05) is 13.2 Å². The highest BCUT2D eigenvalue weighted by Gasteiger charge is 2.18. The van der Waals surface area contributed by atoms with Crippen molar-refractivity contribution < 1.29 is 4.74 Å². The lowest BCUT2D eigenvalue weighted by Crippen LogP contribution is -2.47. The first-order valence-corrected chi connectivity index (χ1v) is 7.26. The molecule has 0 aromatic heterocycles. The summed E-state index contributed by atoms with van der Waals surface area (Å²) in [5.74, 6) is 0. The summed E-state index contributed by atoms with van der Waals surface area (Å²) in [6, 6.07) is 8.11. The van der Waals surface area contributed by atoms with Crippen LogP contribution in [0, 0.1) is 0 Å². The zero-order chi connectivity index (χ0) is 12.4. The Morgan fingerprint density at radius 2 is 2.11 bits per heavy atom. The van der Waals surface area contributed by atoms with Gasteiger partial charge in [0.2, 0.25) is 0 Å². The molecule has 2 heteroatoms. The van der Waals surface area contributed by atoms with E-state index in [4.69, 9.17) is 4.74 Å². The first kappa shape index (κ1) is 12.2. The van der Waals surface area contributed by atoms with Crippen molar-refractivity contribution in [2.45, 2.75) is 51.1 Å². The topological polar surface area (TPSA) is 21.3 Å². The Bertz CT molecular complexity index is 416. The van der Waals surface area contributed by atoms with E-state index in [9.17, 15) is 0 Å². The van der Waals surface area contributed by atoms with Crippen LogP contribution < -0.4 is 5.32 Å². The van der Waals surface area contributed by atoms with Gasteiger partial charge < -0.3 is 10.1 Å². The number of morpholine rings is 1. The fourth-order valence-corrected chi connectivity index (χ4v) is 3.17. The van der Waals surface area contributed by atoms with Gasteiger partial charge in [-0.1, -0.05) is 18.2 Å². The zero-order valence-corrected chi connectivity index (χ0v) is 11.2. The monoisotopic (exact) mass is 245 g/mol. The summed E-state index contributed by atoms with van der Waals surface area (Å²) in [6.07, 6.45) is 6.26. The number of rotatable bonds is 3. The van der Waals surface area contributed by atoms with Crippen LogP contribution in [0.2, 0.25) is 0 Å². The van der Waals surface area contributed by atoms with E-state index in [0.29, 0.717) is 12.1 Å². The first-order chi connectivity index (χ1) is 8.81. The van der Waals surface area contributed by atoms with Gasteiger partial charge in [0, 0.05) is 12.1 Å². The second kappa shape index (κ2) is 5.41. The van der Waals surface area contributed by atoms with E-state index >= 15 is 0 Å². The van der Waals surface area contributed by atoms with Crippen LogP contribution in [-0.2, 0) is 24.0 Å². The standard InChI is InChI=1S/C16H23NO/c1-12-10-18-11-16(17-12)8-6-13-5-7-14-3-2-4-15(14)9-13/h5,7,9,12,16-17H,2-4,6,8,10-11H2,1H3. The fraction of sp³-hybridized carbons (Fsp3) is 0.625. The molecule has 0 saturated carbocycles. The molecule has 0 bridgehead atoms. The van der Waals surface area contributed by atoms with Crippen LogP contribution in [0.1, 0.15) is 36.5 Å². The Morgan fingerprint density at radius 3 is 3.00 bits per heavy atom. The molecule has 1 aromatic carbocycles.